The van der Waals surface area contributed by atoms with Crippen LogP contribution in [0.3, 0.4) is 0 Å². The van der Waals surface area contributed by atoms with Crippen LogP contribution in [-0.4, -0.2) is 41.7 Å². The summed E-state index contributed by atoms with van der Waals surface area (Å²) in [5.41, 5.74) is 3.02. The average molecular weight is 608 g/mol. The van der Waals surface area contributed by atoms with Crippen molar-refractivity contribution in [1.82, 2.24) is 13.9 Å². The molecule has 5 heterocycles. The normalized spacial score (nSPS) is 16.7. The molecule has 0 saturated carbocycles. The van der Waals surface area contributed by atoms with E-state index in [0.29, 0.717) is 16.5 Å². The minimum Gasteiger partial charge on any atom is -0.395 e. The van der Waals surface area contributed by atoms with E-state index in [1.165, 1.54) is 42.5 Å². The maximum atomic E-state index is 13.8. The topological polar surface area (TPSA) is 73.7 Å². The summed E-state index contributed by atoms with van der Waals surface area (Å²) in [4.78, 5) is 9.50. The molecular weight excluding hydrogens is 580 g/mol. The molecule has 42 heavy (non-hydrogen) atoms. The van der Waals surface area contributed by atoms with Gasteiger partial charge in [-0.2, -0.15) is 0 Å². The van der Waals surface area contributed by atoms with Gasteiger partial charge in [0.1, 0.15) is 0 Å². The molecule has 0 atom stereocenters. The van der Waals surface area contributed by atoms with Crippen LogP contribution in [0.2, 0.25) is 0 Å². The SMILES string of the molecule is Cc1ccc(S(=O)(=O)n2cc(-c3ccc4c(c3)OC(F)(F)O4)c3cc(-c4ccc(CN5CCCCC5)s4)cnc32)cc1. The van der Waals surface area contributed by atoms with Crippen LogP contribution in [0.1, 0.15) is 29.7 Å². The highest BCUT2D eigenvalue weighted by atomic mass is 32.2. The second-order valence-corrected chi connectivity index (χ2v) is 13.7. The molecule has 3 aromatic heterocycles. The lowest BCUT2D eigenvalue weighted by Crippen LogP contribution is -2.28. The molecule has 11 heteroatoms. The molecule has 0 spiro atoms. The molecule has 0 bridgehead atoms. The first-order chi connectivity index (χ1) is 20.2. The fourth-order valence-corrected chi connectivity index (χ4v) is 7.88. The van der Waals surface area contributed by atoms with Crippen molar-refractivity contribution in [2.75, 3.05) is 13.1 Å². The van der Waals surface area contributed by atoms with Crippen molar-refractivity contribution in [3.63, 3.8) is 0 Å². The number of hydrogen-bond acceptors (Lipinski definition) is 7. The van der Waals surface area contributed by atoms with E-state index in [1.54, 1.807) is 47.9 Å². The molecule has 0 aliphatic carbocycles. The molecule has 0 N–H and O–H groups in total. The van der Waals surface area contributed by atoms with Gasteiger partial charge in [-0.3, -0.25) is 4.90 Å². The highest BCUT2D eigenvalue weighted by Gasteiger charge is 2.43. The number of rotatable bonds is 6. The Morgan fingerprint density at radius 3 is 2.48 bits per heavy atom. The first-order valence-electron chi connectivity index (χ1n) is 13.7. The summed E-state index contributed by atoms with van der Waals surface area (Å²) in [6.07, 6.45) is 3.14. The van der Waals surface area contributed by atoms with Gasteiger partial charge in [-0.05, 0) is 80.9 Å². The number of thiophene rings is 1. The Labute approximate surface area is 246 Å². The molecule has 0 radical (unpaired) electrons. The largest absolute Gasteiger partial charge is 0.586 e. The van der Waals surface area contributed by atoms with Gasteiger partial charge in [0.05, 0.1) is 4.90 Å². The molecule has 7 nitrogen and oxygen atoms in total. The Hall–Kier alpha value is -3.80. The maximum Gasteiger partial charge on any atom is 0.586 e. The van der Waals surface area contributed by atoms with Crippen LogP contribution in [0.5, 0.6) is 11.5 Å². The van der Waals surface area contributed by atoms with Crippen LogP contribution in [0, 0.1) is 6.92 Å². The first-order valence-corrected chi connectivity index (χ1v) is 16.0. The molecule has 7 rings (SSSR count). The summed E-state index contributed by atoms with van der Waals surface area (Å²) in [7, 11) is -4.01. The van der Waals surface area contributed by atoms with Crippen molar-refractivity contribution in [2.45, 2.75) is 43.9 Å². The molecule has 0 unspecified atom stereocenters. The number of halogens is 2. The number of likely N-dealkylation sites (tertiary alicyclic amines) is 1. The zero-order chi connectivity index (χ0) is 29.1. The molecule has 5 aromatic rings. The number of alkyl halides is 2. The number of benzene rings is 2. The Kier molecular flexibility index (Phi) is 6.56. The second-order valence-electron chi connectivity index (χ2n) is 10.7. The van der Waals surface area contributed by atoms with Crippen molar-refractivity contribution in [3.8, 4) is 33.1 Å². The predicted octanol–water partition coefficient (Wildman–Crippen LogP) is 7.28. The van der Waals surface area contributed by atoms with E-state index in [-0.39, 0.29) is 22.0 Å². The van der Waals surface area contributed by atoms with Crippen LogP contribution >= 0.6 is 11.3 Å². The lowest BCUT2D eigenvalue weighted by Gasteiger charge is -2.25. The Bertz CT molecular complexity index is 1910. The summed E-state index contributed by atoms with van der Waals surface area (Å²) >= 11 is 1.69. The highest BCUT2D eigenvalue weighted by Crippen LogP contribution is 2.44. The van der Waals surface area contributed by atoms with Crippen molar-refractivity contribution in [2.24, 2.45) is 0 Å². The Morgan fingerprint density at radius 2 is 1.69 bits per heavy atom. The third kappa shape index (κ3) is 4.95. The van der Waals surface area contributed by atoms with Gasteiger partial charge in [0.2, 0.25) is 0 Å². The average Bonchev–Trinajstić information content (AvgIpc) is 3.67. The van der Waals surface area contributed by atoms with E-state index in [1.807, 2.05) is 13.0 Å². The minimum absolute atomic E-state index is 0.0848. The van der Waals surface area contributed by atoms with Crippen molar-refractivity contribution in [3.05, 3.63) is 83.5 Å². The highest BCUT2D eigenvalue weighted by molar-refractivity contribution is 7.90. The van der Waals surface area contributed by atoms with Crippen LogP contribution in [0.25, 0.3) is 32.6 Å². The standard InChI is InChI=1S/C31H27F2N3O4S2/c1-20-5-9-24(10-6-20)42(37,38)36-19-26(21-7-11-27-28(16-21)40-31(32,33)39-27)25-15-22(17-34-30(25)36)29-12-8-23(41-29)18-35-13-3-2-4-14-35/h5-12,15-17,19H,2-4,13-14,18H2,1H3. The summed E-state index contributed by atoms with van der Waals surface area (Å²) in [6, 6.07) is 17.1. The molecule has 216 valence electrons. The maximum absolute atomic E-state index is 13.8. The second kappa shape index (κ2) is 10.2. The summed E-state index contributed by atoms with van der Waals surface area (Å²) in [6.45, 7) is 5.00. The summed E-state index contributed by atoms with van der Waals surface area (Å²) in [5, 5.41) is 0.569. The van der Waals surface area contributed by atoms with E-state index >= 15 is 0 Å². The van der Waals surface area contributed by atoms with Gasteiger partial charge >= 0.3 is 6.29 Å². The molecular formula is C31H27F2N3O4S2. The summed E-state index contributed by atoms with van der Waals surface area (Å²) in [5.74, 6) is -0.206. The van der Waals surface area contributed by atoms with E-state index in [0.717, 1.165) is 39.6 Å². The number of fused-ring (bicyclic) bond motifs is 2. The van der Waals surface area contributed by atoms with E-state index in [9.17, 15) is 17.2 Å². The predicted molar refractivity (Wildman–Crippen MR) is 158 cm³/mol. The smallest absolute Gasteiger partial charge is 0.395 e. The van der Waals surface area contributed by atoms with E-state index in [2.05, 4.69) is 31.5 Å². The van der Waals surface area contributed by atoms with Crippen LogP contribution in [0.4, 0.5) is 8.78 Å². The fraction of sp³-hybridized carbons (Fsp3) is 0.258. The quantitative estimate of drug-likeness (QED) is 0.202. The number of hydrogen-bond donors (Lipinski definition) is 0. The fourth-order valence-electron chi connectivity index (χ4n) is 5.52. The molecule has 2 aromatic carbocycles. The van der Waals surface area contributed by atoms with E-state index in [4.69, 9.17) is 0 Å². The number of aromatic nitrogens is 2. The molecule has 2 aliphatic rings. The minimum atomic E-state index is -4.01. The van der Waals surface area contributed by atoms with Gasteiger partial charge in [-0.1, -0.05) is 30.2 Å². The number of aryl methyl sites for hydroxylation is 1. The number of pyridine rings is 1. The van der Waals surface area contributed by atoms with Gasteiger partial charge in [0.15, 0.2) is 17.1 Å². The van der Waals surface area contributed by atoms with Crippen LogP contribution < -0.4 is 9.47 Å². The van der Waals surface area contributed by atoms with Gasteiger partial charge in [-0.15, -0.1) is 20.1 Å². The van der Waals surface area contributed by atoms with Crippen molar-refractivity contribution >= 4 is 32.4 Å². The lowest BCUT2D eigenvalue weighted by molar-refractivity contribution is -0.286. The third-order valence-electron chi connectivity index (χ3n) is 7.68. The molecule has 0 amide bonds. The number of nitrogens with zero attached hydrogens (tertiary/aromatic N) is 3. The Morgan fingerprint density at radius 1 is 0.929 bits per heavy atom. The van der Waals surface area contributed by atoms with Gasteiger partial charge in [0, 0.05) is 45.2 Å². The van der Waals surface area contributed by atoms with Gasteiger partial charge in [-0.25, -0.2) is 17.4 Å². The Balaban J connectivity index is 1.33. The summed E-state index contributed by atoms with van der Waals surface area (Å²) < 4.78 is 65.5. The van der Waals surface area contributed by atoms with Crippen LogP contribution in [-0.2, 0) is 16.6 Å². The zero-order valence-corrected chi connectivity index (χ0v) is 24.4. The molecule has 1 fully saturated rings. The first kappa shape index (κ1) is 27.1. The third-order valence-corrected chi connectivity index (χ3v) is 10.5. The van der Waals surface area contributed by atoms with Gasteiger partial charge in [0.25, 0.3) is 10.0 Å². The molecule has 2 aliphatic heterocycles. The number of piperidine rings is 1. The zero-order valence-electron chi connectivity index (χ0n) is 22.7. The van der Waals surface area contributed by atoms with Crippen LogP contribution in [0.15, 0.2) is 78.0 Å². The van der Waals surface area contributed by atoms with Crippen molar-refractivity contribution in [1.29, 1.82) is 0 Å². The van der Waals surface area contributed by atoms with Crippen molar-refractivity contribution < 1.29 is 26.7 Å². The lowest BCUT2D eigenvalue weighted by atomic mass is 10.0. The molecule has 1 saturated heterocycles. The van der Waals surface area contributed by atoms with E-state index < -0.39 is 16.3 Å². The monoisotopic (exact) mass is 607 g/mol. The number of ether oxygens (including phenoxy) is 2. The van der Waals surface area contributed by atoms with Gasteiger partial charge < -0.3 is 9.47 Å².